The summed E-state index contributed by atoms with van der Waals surface area (Å²) < 4.78 is 0. The van der Waals surface area contributed by atoms with Gasteiger partial charge in [-0.2, -0.15) is 0 Å². The summed E-state index contributed by atoms with van der Waals surface area (Å²) in [5.74, 6) is 0.768. The molecular weight excluding hydrogens is 256 g/mol. The van der Waals surface area contributed by atoms with Gasteiger partial charge in [-0.05, 0) is 19.9 Å². The van der Waals surface area contributed by atoms with Crippen LogP contribution in [0, 0.1) is 0 Å². The molecule has 104 valence electrons. The van der Waals surface area contributed by atoms with Gasteiger partial charge < -0.3 is 5.32 Å². The number of thiazole rings is 1. The van der Waals surface area contributed by atoms with Crippen molar-refractivity contribution in [3.8, 4) is 0 Å². The van der Waals surface area contributed by atoms with Crippen molar-refractivity contribution in [2.75, 3.05) is 39.8 Å². The van der Waals surface area contributed by atoms with Gasteiger partial charge >= 0.3 is 0 Å². The molecule has 4 aliphatic rings. The number of nitrogens with zero attached hydrogens (tertiary/aromatic N) is 3. The second-order valence-electron chi connectivity index (χ2n) is 6.02. The first-order valence-electron chi connectivity index (χ1n) is 7.45. The molecule has 1 aromatic rings. The van der Waals surface area contributed by atoms with Crippen molar-refractivity contribution in [1.29, 1.82) is 0 Å². The van der Waals surface area contributed by atoms with E-state index in [0.717, 1.165) is 12.5 Å². The van der Waals surface area contributed by atoms with Gasteiger partial charge in [0.15, 0.2) is 0 Å². The van der Waals surface area contributed by atoms with Crippen molar-refractivity contribution in [2.45, 2.75) is 31.3 Å². The van der Waals surface area contributed by atoms with Crippen molar-refractivity contribution in [3.05, 3.63) is 15.6 Å². The molecule has 19 heavy (non-hydrogen) atoms. The van der Waals surface area contributed by atoms with E-state index in [4.69, 9.17) is 4.98 Å². The van der Waals surface area contributed by atoms with Gasteiger partial charge in [0.1, 0.15) is 5.01 Å². The van der Waals surface area contributed by atoms with Crippen molar-refractivity contribution in [2.24, 2.45) is 0 Å². The summed E-state index contributed by atoms with van der Waals surface area (Å²) in [4.78, 5) is 11.8. The number of aromatic nitrogens is 1. The first-order chi connectivity index (χ1) is 9.35. The van der Waals surface area contributed by atoms with Gasteiger partial charge in [-0.1, -0.05) is 0 Å². The molecule has 0 radical (unpaired) electrons. The molecule has 4 heterocycles. The third-order valence-electron chi connectivity index (χ3n) is 4.61. The maximum absolute atomic E-state index is 5.04. The zero-order chi connectivity index (χ0) is 12.8. The lowest BCUT2D eigenvalue weighted by Gasteiger charge is -2.46. The predicted octanol–water partition coefficient (Wildman–Crippen LogP) is 1.41. The molecule has 1 aliphatic carbocycles. The minimum atomic E-state index is 0.565. The van der Waals surface area contributed by atoms with Crippen molar-refractivity contribution >= 4 is 11.3 Å². The quantitative estimate of drug-likeness (QED) is 0.902. The highest BCUT2D eigenvalue weighted by Gasteiger charge is 2.36. The Morgan fingerprint density at radius 2 is 2.05 bits per heavy atom. The molecule has 4 nitrogen and oxygen atoms in total. The van der Waals surface area contributed by atoms with Crippen LogP contribution in [0.5, 0.6) is 0 Å². The van der Waals surface area contributed by atoms with Crippen LogP contribution in [-0.2, 0) is 6.54 Å². The molecule has 3 aliphatic heterocycles. The molecule has 5 rings (SSSR count). The standard InChI is InChI=1S/C14H22N4S/c1-15-8-12-13(10-2-3-10)16-14(19-12)11-9-17-4-6-18(11)7-5-17/h10-11,15H,2-9H2,1H3. The topological polar surface area (TPSA) is 31.4 Å². The normalized spacial score (nSPS) is 33.8. The van der Waals surface area contributed by atoms with Crippen LogP contribution in [-0.4, -0.2) is 54.6 Å². The Kier molecular flexibility index (Phi) is 3.10. The van der Waals surface area contributed by atoms with Crippen LogP contribution in [0.3, 0.4) is 0 Å². The molecule has 4 fully saturated rings. The maximum atomic E-state index is 5.04. The van der Waals surface area contributed by atoms with E-state index >= 15 is 0 Å². The van der Waals surface area contributed by atoms with Gasteiger partial charge in [-0.3, -0.25) is 9.80 Å². The highest BCUT2D eigenvalue weighted by molar-refractivity contribution is 7.11. The molecule has 2 bridgehead atoms. The minimum absolute atomic E-state index is 0.565. The van der Waals surface area contributed by atoms with Crippen LogP contribution < -0.4 is 5.32 Å². The smallest absolute Gasteiger partial charge is 0.112 e. The van der Waals surface area contributed by atoms with Crippen molar-refractivity contribution in [3.63, 3.8) is 0 Å². The average Bonchev–Trinajstić information content (AvgIpc) is 3.22. The van der Waals surface area contributed by atoms with Crippen LogP contribution >= 0.6 is 11.3 Å². The van der Waals surface area contributed by atoms with Crippen molar-refractivity contribution in [1.82, 2.24) is 20.1 Å². The van der Waals surface area contributed by atoms with E-state index in [1.165, 1.54) is 61.1 Å². The van der Waals surface area contributed by atoms with Gasteiger partial charge in [0.25, 0.3) is 0 Å². The first kappa shape index (κ1) is 12.3. The van der Waals surface area contributed by atoms with Gasteiger partial charge in [0.2, 0.25) is 0 Å². The highest BCUT2D eigenvalue weighted by Crippen LogP contribution is 2.44. The third-order valence-corrected chi connectivity index (χ3v) is 5.78. The van der Waals surface area contributed by atoms with Crippen LogP contribution in [0.25, 0.3) is 0 Å². The van der Waals surface area contributed by atoms with E-state index < -0.39 is 0 Å². The Morgan fingerprint density at radius 1 is 1.26 bits per heavy atom. The van der Waals surface area contributed by atoms with E-state index in [1.54, 1.807) is 0 Å². The monoisotopic (exact) mass is 278 g/mol. The van der Waals surface area contributed by atoms with Crippen LogP contribution in [0.15, 0.2) is 0 Å². The number of hydrogen-bond donors (Lipinski definition) is 1. The molecule has 3 saturated heterocycles. The summed E-state index contributed by atoms with van der Waals surface area (Å²) in [6.07, 6.45) is 2.70. The average molecular weight is 278 g/mol. The number of rotatable bonds is 4. The zero-order valence-corrected chi connectivity index (χ0v) is 12.4. The van der Waals surface area contributed by atoms with Gasteiger partial charge in [-0.15, -0.1) is 11.3 Å². The minimum Gasteiger partial charge on any atom is -0.315 e. The molecule has 1 aromatic heterocycles. The highest BCUT2D eigenvalue weighted by atomic mass is 32.1. The Balaban J connectivity index is 1.62. The lowest BCUT2D eigenvalue weighted by atomic mass is 10.1. The maximum Gasteiger partial charge on any atom is 0.112 e. The Hall–Kier alpha value is -0.490. The van der Waals surface area contributed by atoms with E-state index in [9.17, 15) is 0 Å². The molecular formula is C14H22N4S. The molecule has 0 amide bonds. The summed E-state index contributed by atoms with van der Waals surface area (Å²) in [6.45, 7) is 7.13. The van der Waals surface area contributed by atoms with Gasteiger partial charge in [0, 0.05) is 50.1 Å². The van der Waals surface area contributed by atoms with Gasteiger partial charge in [0.05, 0.1) is 11.7 Å². The summed E-state index contributed by atoms with van der Waals surface area (Å²) in [7, 11) is 2.04. The predicted molar refractivity (Wildman–Crippen MR) is 77.6 cm³/mol. The number of nitrogens with one attached hydrogen (secondary N) is 1. The number of fused-ring (bicyclic) bond motifs is 3. The molecule has 0 aromatic carbocycles. The van der Waals surface area contributed by atoms with Crippen LogP contribution in [0.2, 0.25) is 0 Å². The van der Waals surface area contributed by atoms with Crippen molar-refractivity contribution < 1.29 is 0 Å². The number of hydrogen-bond acceptors (Lipinski definition) is 5. The molecule has 1 unspecified atom stereocenters. The SMILES string of the molecule is CNCc1sc(C2CN3CCN2CC3)nc1C1CC1. The lowest BCUT2D eigenvalue weighted by molar-refractivity contribution is 0.0122. The second-order valence-corrected chi connectivity index (χ2v) is 7.13. The number of piperazine rings is 3. The fourth-order valence-electron chi connectivity index (χ4n) is 3.34. The van der Waals surface area contributed by atoms with E-state index in [2.05, 4.69) is 15.1 Å². The Bertz CT molecular complexity index is 460. The van der Waals surface area contributed by atoms with Crippen LogP contribution in [0.1, 0.15) is 40.4 Å². The van der Waals surface area contributed by atoms with Crippen LogP contribution in [0.4, 0.5) is 0 Å². The Morgan fingerprint density at radius 3 is 2.63 bits per heavy atom. The second kappa shape index (κ2) is 4.81. The zero-order valence-electron chi connectivity index (χ0n) is 11.6. The summed E-state index contributed by atoms with van der Waals surface area (Å²) in [5, 5.41) is 4.68. The summed E-state index contributed by atoms with van der Waals surface area (Å²) in [6, 6.07) is 0.565. The van der Waals surface area contributed by atoms with E-state index in [0.29, 0.717) is 6.04 Å². The van der Waals surface area contributed by atoms with E-state index in [-0.39, 0.29) is 0 Å². The third kappa shape index (κ3) is 2.23. The molecule has 0 spiro atoms. The fraction of sp³-hybridized carbons (Fsp3) is 0.786. The molecule has 1 N–H and O–H groups in total. The fourth-order valence-corrected chi connectivity index (χ4v) is 4.63. The molecule has 1 atom stereocenters. The molecule has 1 saturated carbocycles. The largest absolute Gasteiger partial charge is 0.315 e. The summed E-state index contributed by atoms with van der Waals surface area (Å²) >= 11 is 1.96. The summed E-state index contributed by atoms with van der Waals surface area (Å²) in [5.41, 5.74) is 1.41. The first-order valence-corrected chi connectivity index (χ1v) is 8.27. The molecule has 5 heteroatoms. The Labute approximate surface area is 118 Å². The van der Waals surface area contributed by atoms with Gasteiger partial charge in [-0.25, -0.2) is 4.98 Å². The lowest BCUT2D eigenvalue weighted by Crippen LogP contribution is -2.56. The van der Waals surface area contributed by atoms with E-state index in [1.807, 2.05) is 18.4 Å².